The zero-order chi connectivity index (χ0) is 23.1. The zero-order valence-electron chi connectivity index (χ0n) is 17.2. The van der Waals surface area contributed by atoms with Crippen LogP contribution in [0.5, 0.6) is 0 Å². The largest absolute Gasteiger partial charge is 0.421 e. The zero-order valence-corrected chi connectivity index (χ0v) is 18.0. The highest BCUT2D eigenvalue weighted by Gasteiger charge is 2.62. The van der Waals surface area contributed by atoms with E-state index in [9.17, 15) is 31.5 Å². The molecule has 172 valence electrons. The van der Waals surface area contributed by atoms with Gasteiger partial charge in [0.15, 0.2) is 15.4 Å². The predicted octanol–water partition coefficient (Wildman–Crippen LogP) is 3.96. The quantitative estimate of drug-likeness (QED) is 0.616. The van der Waals surface area contributed by atoms with Gasteiger partial charge in [0.05, 0.1) is 10.6 Å². The highest BCUT2D eigenvalue weighted by Crippen LogP contribution is 2.54. The van der Waals surface area contributed by atoms with Crippen molar-refractivity contribution < 1.29 is 31.5 Å². The van der Waals surface area contributed by atoms with E-state index in [-0.39, 0.29) is 34.2 Å². The van der Waals surface area contributed by atoms with E-state index < -0.39 is 33.4 Å². The molecule has 2 aromatic rings. The summed E-state index contributed by atoms with van der Waals surface area (Å²) in [5, 5.41) is 13.0. The number of carbonyl (C=O) groups is 1. The van der Waals surface area contributed by atoms with Crippen molar-refractivity contribution in [1.82, 2.24) is 5.32 Å². The van der Waals surface area contributed by atoms with Gasteiger partial charge in [0.25, 0.3) is 5.91 Å². The normalized spacial score (nSPS) is 18.8. The summed E-state index contributed by atoms with van der Waals surface area (Å²) in [6, 6.07) is 11.1. The lowest BCUT2D eigenvalue weighted by molar-refractivity contribution is -0.275. The van der Waals surface area contributed by atoms with Crippen molar-refractivity contribution in [3.8, 4) is 0 Å². The van der Waals surface area contributed by atoms with Crippen molar-refractivity contribution in [3.63, 3.8) is 0 Å². The summed E-state index contributed by atoms with van der Waals surface area (Å²) in [5.74, 6) is -0.938. The number of amides is 1. The van der Waals surface area contributed by atoms with Gasteiger partial charge in [-0.3, -0.25) is 4.79 Å². The molecular formula is C23H24F3NO4S. The number of hydrogen-bond acceptors (Lipinski definition) is 4. The maximum atomic E-state index is 13.4. The van der Waals surface area contributed by atoms with Crippen LogP contribution in [0.2, 0.25) is 0 Å². The Balaban J connectivity index is 1.38. The van der Waals surface area contributed by atoms with Crippen LogP contribution >= 0.6 is 0 Å². The van der Waals surface area contributed by atoms with E-state index >= 15 is 0 Å². The molecule has 32 heavy (non-hydrogen) atoms. The van der Waals surface area contributed by atoms with Crippen LogP contribution in [0, 0.1) is 11.8 Å². The van der Waals surface area contributed by atoms with E-state index in [1.54, 1.807) is 12.1 Å². The van der Waals surface area contributed by atoms with Gasteiger partial charge in [-0.1, -0.05) is 24.3 Å². The molecule has 0 bridgehead atoms. The number of rotatable bonds is 8. The van der Waals surface area contributed by atoms with E-state index in [0.717, 1.165) is 25.0 Å². The van der Waals surface area contributed by atoms with Crippen LogP contribution in [-0.4, -0.2) is 31.4 Å². The fourth-order valence-corrected chi connectivity index (χ4v) is 5.49. The summed E-state index contributed by atoms with van der Waals surface area (Å²) in [6.07, 6.45) is -2.30. The molecule has 0 radical (unpaired) electrons. The van der Waals surface area contributed by atoms with Crippen LogP contribution in [0.1, 0.15) is 47.2 Å². The number of alkyl halides is 3. The third-order valence-corrected chi connectivity index (χ3v) is 7.98. The van der Waals surface area contributed by atoms with Gasteiger partial charge >= 0.3 is 6.18 Å². The van der Waals surface area contributed by atoms with Crippen LogP contribution in [0.15, 0.2) is 53.4 Å². The molecule has 5 nitrogen and oxygen atoms in total. The van der Waals surface area contributed by atoms with Gasteiger partial charge in [-0.05, 0) is 67.0 Å². The molecule has 9 heteroatoms. The summed E-state index contributed by atoms with van der Waals surface area (Å²) in [6.45, 7) is 0.137. The van der Waals surface area contributed by atoms with E-state index in [4.69, 9.17) is 0 Å². The number of benzene rings is 2. The average Bonchev–Trinajstić information content (AvgIpc) is 3.65. The van der Waals surface area contributed by atoms with Crippen molar-refractivity contribution >= 4 is 15.7 Å². The molecule has 1 amide bonds. The number of aliphatic hydroxyl groups is 1. The first-order valence-corrected chi connectivity index (χ1v) is 12.2. The Bertz CT molecular complexity index is 1090. The van der Waals surface area contributed by atoms with Gasteiger partial charge in [-0.25, -0.2) is 8.42 Å². The lowest BCUT2D eigenvalue weighted by Gasteiger charge is -2.31. The minimum Gasteiger partial charge on any atom is -0.376 e. The van der Waals surface area contributed by atoms with E-state index in [2.05, 4.69) is 5.32 Å². The Kier molecular flexibility index (Phi) is 5.83. The molecule has 0 saturated heterocycles. The second-order valence-electron chi connectivity index (χ2n) is 8.67. The number of hydrogen-bond donors (Lipinski definition) is 2. The molecule has 2 fully saturated rings. The lowest BCUT2D eigenvalue weighted by Crippen LogP contribution is -2.44. The number of halogens is 3. The average molecular weight is 468 g/mol. The van der Waals surface area contributed by atoms with Gasteiger partial charge in [-0.15, -0.1) is 0 Å². The molecular weight excluding hydrogens is 443 g/mol. The van der Waals surface area contributed by atoms with Gasteiger partial charge in [-0.2, -0.15) is 13.2 Å². The summed E-state index contributed by atoms with van der Waals surface area (Å²) in [5.41, 5.74) is -2.31. The minimum absolute atomic E-state index is 0.137. The van der Waals surface area contributed by atoms with Crippen LogP contribution in [0.3, 0.4) is 0 Å². The third-order valence-electron chi connectivity index (χ3n) is 6.08. The summed E-state index contributed by atoms with van der Waals surface area (Å²) in [4.78, 5) is 12.6. The Morgan fingerprint density at radius 2 is 1.56 bits per heavy atom. The van der Waals surface area contributed by atoms with Gasteiger partial charge < -0.3 is 10.4 Å². The van der Waals surface area contributed by atoms with Gasteiger partial charge in [0, 0.05) is 18.0 Å². The summed E-state index contributed by atoms with van der Waals surface area (Å²) < 4.78 is 64.9. The maximum Gasteiger partial charge on any atom is 0.421 e. The first kappa shape index (κ1) is 22.8. The molecule has 0 heterocycles. The Hall–Kier alpha value is -2.39. The minimum atomic E-state index is -4.80. The topological polar surface area (TPSA) is 83.5 Å². The maximum absolute atomic E-state index is 13.4. The standard InChI is InChI=1S/C23H24F3NO4S/c24-23(25,26)22(29,19-9-10-19)18-7-5-17(6-8-18)21(28)27-13-15-3-11-20(12-4-15)32(30,31)14-16-1-2-16/h3-8,11-12,16,19,29H,1-2,9-10,13-14H2,(H,27,28). The molecule has 2 aliphatic rings. The van der Waals surface area contributed by atoms with E-state index in [0.29, 0.717) is 18.4 Å². The molecule has 2 aliphatic carbocycles. The first-order chi connectivity index (χ1) is 15.0. The molecule has 0 spiro atoms. The fourth-order valence-electron chi connectivity index (χ4n) is 3.80. The first-order valence-electron chi connectivity index (χ1n) is 10.5. The Morgan fingerprint density at radius 3 is 2.06 bits per heavy atom. The second kappa shape index (κ2) is 8.19. The van der Waals surface area contributed by atoms with Crippen molar-refractivity contribution in [2.75, 3.05) is 5.75 Å². The molecule has 1 atom stereocenters. The van der Waals surface area contributed by atoms with Gasteiger partial charge in [0.1, 0.15) is 0 Å². The van der Waals surface area contributed by atoms with Crippen LogP contribution in [0.25, 0.3) is 0 Å². The summed E-state index contributed by atoms with van der Waals surface area (Å²) >= 11 is 0. The van der Waals surface area contributed by atoms with Crippen molar-refractivity contribution in [1.29, 1.82) is 0 Å². The smallest absolute Gasteiger partial charge is 0.376 e. The van der Waals surface area contributed by atoms with E-state index in [1.165, 1.54) is 24.3 Å². The highest BCUT2D eigenvalue weighted by atomic mass is 32.2. The van der Waals surface area contributed by atoms with E-state index in [1.807, 2.05) is 0 Å². The third kappa shape index (κ3) is 4.68. The Morgan fingerprint density at radius 1 is 0.969 bits per heavy atom. The fraction of sp³-hybridized carbons (Fsp3) is 0.435. The molecule has 1 unspecified atom stereocenters. The second-order valence-corrected chi connectivity index (χ2v) is 10.7. The van der Waals surface area contributed by atoms with Crippen LogP contribution < -0.4 is 5.32 Å². The number of sulfone groups is 1. The number of carbonyl (C=O) groups excluding carboxylic acids is 1. The molecule has 2 N–H and O–H groups in total. The van der Waals surface area contributed by atoms with Crippen molar-refractivity contribution in [3.05, 3.63) is 65.2 Å². The lowest BCUT2D eigenvalue weighted by atomic mass is 9.87. The SMILES string of the molecule is O=C(NCc1ccc(S(=O)(=O)CC2CC2)cc1)c1ccc(C(O)(C2CC2)C(F)(F)F)cc1. The summed E-state index contributed by atoms with van der Waals surface area (Å²) in [7, 11) is -3.30. The molecule has 4 rings (SSSR count). The molecule has 0 aromatic heterocycles. The Labute approximate surface area is 184 Å². The monoisotopic (exact) mass is 467 g/mol. The highest BCUT2D eigenvalue weighted by molar-refractivity contribution is 7.91. The molecule has 2 saturated carbocycles. The van der Waals surface area contributed by atoms with Crippen molar-refractivity contribution in [2.45, 2.75) is 48.9 Å². The van der Waals surface area contributed by atoms with Crippen LogP contribution in [0.4, 0.5) is 13.2 Å². The predicted molar refractivity (Wildman–Crippen MR) is 112 cm³/mol. The van der Waals surface area contributed by atoms with Crippen LogP contribution in [-0.2, 0) is 22.0 Å². The molecule has 0 aliphatic heterocycles. The number of nitrogens with one attached hydrogen (secondary N) is 1. The molecule has 2 aromatic carbocycles. The van der Waals surface area contributed by atoms with Crippen molar-refractivity contribution in [2.24, 2.45) is 11.8 Å². The van der Waals surface area contributed by atoms with Gasteiger partial charge in [0.2, 0.25) is 0 Å².